The van der Waals surface area contributed by atoms with Gasteiger partial charge in [0.05, 0.1) is 20.8 Å². The number of amides is 1. The first-order valence-electron chi connectivity index (χ1n) is 8.48. The van der Waals surface area contributed by atoms with Crippen LogP contribution >= 0.6 is 11.8 Å². The molecular weight excluding hydrogens is 350 g/mol. The number of thioether (sulfide) groups is 1. The number of rotatable bonds is 7. The van der Waals surface area contributed by atoms with Crippen LogP contribution < -0.4 is 9.47 Å². The van der Waals surface area contributed by atoms with Gasteiger partial charge in [0.2, 0.25) is 5.91 Å². The molecule has 0 bridgehead atoms. The summed E-state index contributed by atoms with van der Waals surface area (Å²) in [7, 11) is 3.24. The highest BCUT2D eigenvalue weighted by Gasteiger charge is 2.33. The fourth-order valence-corrected chi connectivity index (χ4v) is 4.30. The molecule has 1 atom stereocenters. The summed E-state index contributed by atoms with van der Waals surface area (Å²) in [6.45, 7) is 1.20. The topological polar surface area (TPSA) is 48.0 Å². The average molecular weight is 373 g/mol. The monoisotopic (exact) mass is 373 g/mol. The maximum Gasteiger partial charge on any atom is 0.249 e. The minimum absolute atomic E-state index is 0.0131. The predicted molar refractivity (Wildman–Crippen MR) is 103 cm³/mol. The van der Waals surface area contributed by atoms with Crippen molar-refractivity contribution in [1.29, 1.82) is 0 Å². The van der Waals surface area contributed by atoms with Crippen LogP contribution in [0.5, 0.6) is 11.5 Å². The highest BCUT2D eigenvalue weighted by molar-refractivity contribution is 7.99. The quantitative estimate of drug-likeness (QED) is 0.743. The third kappa shape index (κ3) is 4.14. The minimum atomic E-state index is -0.0899. The Labute approximate surface area is 158 Å². The van der Waals surface area contributed by atoms with Crippen molar-refractivity contribution < 1.29 is 19.0 Å². The molecule has 3 rings (SSSR count). The van der Waals surface area contributed by atoms with Gasteiger partial charge in [-0.1, -0.05) is 42.5 Å². The third-order valence-corrected chi connectivity index (χ3v) is 5.49. The molecule has 1 fully saturated rings. The van der Waals surface area contributed by atoms with E-state index < -0.39 is 0 Å². The summed E-state index contributed by atoms with van der Waals surface area (Å²) in [5, 5.41) is -0.0899. The zero-order chi connectivity index (χ0) is 18.4. The van der Waals surface area contributed by atoms with Crippen molar-refractivity contribution in [3.63, 3.8) is 0 Å². The normalized spacial score (nSPS) is 16.5. The van der Waals surface area contributed by atoms with Crippen LogP contribution in [0.4, 0.5) is 0 Å². The Balaban J connectivity index is 1.67. The molecular formula is C20H23NO4S. The lowest BCUT2D eigenvalue weighted by Gasteiger charge is -2.26. The Morgan fingerprint density at radius 2 is 1.92 bits per heavy atom. The van der Waals surface area contributed by atoms with Gasteiger partial charge in [-0.15, -0.1) is 11.8 Å². The lowest BCUT2D eigenvalue weighted by atomic mass is 10.1. The first-order chi connectivity index (χ1) is 12.7. The molecule has 2 aromatic carbocycles. The summed E-state index contributed by atoms with van der Waals surface area (Å²) in [6, 6.07) is 15.6. The maximum absolute atomic E-state index is 12.7. The largest absolute Gasteiger partial charge is 0.493 e. The van der Waals surface area contributed by atoms with Crippen LogP contribution in [0.25, 0.3) is 0 Å². The minimum Gasteiger partial charge on any atom is -0.493 e. The molecule has 1 aliphatic rings. The Morgan fingerprint density at radius 3 is 2.65 bits per heavy atom. The van der Waals surface area contributed by atoms with E-state index in [1.807, 2.05) is 53.4 Å². The van der Waals surface area contributed by atoms with Crippen molar-refractivity contribution in [2.45, 2.75) is 12.0 Å². The molecule has 0 N–H and O–H groups in total. The third-order valence-electron chi connectivity index (χ3n) is 4.25. The molecule has 2 aromatic rings. The van der Waals surface area contributed by atoms with Gasteiger partial charge in [-0.2, -0.15) is 0 Å². The predicted octanol–water partition coefficient (Wildman–Crippen LogP) is 3.49. The van der Waals surface area contributed by atoms with Crippen LogP contribution in [0.15, 0.2) is 48.5 Å². The van der Waals surface area contributed by atoms with E-state index in [-0.39, 0.29) is 17.9 Å². The Kier molecular flexibility index (Phi) is 6.41. The van der Waals surface area contributed by atoms with Crippen molar-refractivity contribution in [2.75, 3.05) is 33.1 Å². The van der Waals surface area contributed by atoms with Crippen molar-refractivity contribution >= 4 is 17.7 Å². The van der Waals surface area contributed by atoms with E-state index in [0.29, 0.717) is 24.7 Å². The fourth-order valence-electron chi connectivity index (χ4n) is 3.00. The van der Waals surface area contributed by atoms with Crippen molar-refractivity contribution in [3.05, 3.63) is 59.7 Å². The van der Waals surface area contributed by atoms with Crippen molar-refractivity contribution in [2.24, 2.45) is 0 Å². The average Bonchev–Trinajstić information content (AvgIpc) is 3.17. The molecule has 0 spiro atoms. The number of methoxy groups -OCH3 is 2. The second kappa shape index (κ2) is 8.96. The van der Waals surface area contributed by atoms with E-state index in [4.69, 9.17) is 14.2 Å². The lowest BCUT2D eigenvalue weighted by molar-refractivity contribution is -0.136. The molecule has 1 heterocycles. The van der Waals surface area contributed by atoms with Crippen LogP contribution in [0.2, 0.25) is 0 Å². The summed E-state index contributed by atoms with van der Waals surface area (Å²) in [5.74, 6) is 2.22. The van der Waals surface area contributed by atoms with Gasteiger partial charge in [0, 0.05) is 17.9 Å². The van der Waals surface area contributed by atoms with Gasteiger partial charge in [-0.3, -0.25) is 4.79 Å². The fraction of sp³-hybridized carbons (Fsp3) is 0.350. The van der Waals surface area contributed by atoms with Gasteiger partial charge in [-0.05, 0) is 11.6 Å². The van der Waals surface area contributed by atoms with Crippen LogP contribution in [0.3, 0.4) is 0 Å². The number of hydrogen-bond acceptors (Lipinski definition) is 5. The van der Waals surface area contributed by atoms with E-state index in [2.05, 4.69) is 0 Å². The molecule has 26 heavy (non-hydrogen) atoms. The number of nitrogens with zero attached hydrogens (tertiary/aromatic N) is 1. The molecule has 0 aliphatic carbocycles. The molecule has 0 saturated carbocycles. The number of carbonyl (C=O) groups excluding carboxylic acids is 1. The number of carbonyl (C=O) groups is 1. The van der Waals surface area contributed by atoms with E-state index in [1.54, 1.807) is 26.0 Å². The number of para-hydroxylation sites is 1. The van der Waals surface area contributed by atoms with Crippen LogP contribution in [0, 0.1) is 0 Å². The smallest absolute Gasteiger partial charge is 0.249 e. The van der Waals surface area contributed by atoms with Gasteiger partial charge in [0.25, 0.3) is 0 Å². The zero-order valence-electron chi connectivity index (χ0n) is 15.0. The highest BCUT2D eigenvalue weighted by atomic mass is 32.2. The Morgan fingerprint density at radius 1 is 1.12 bits per heavy atom. The molecule has 6 heteroatoms. The van der Waals surface area contributed by atoms with Crippen molar-refractivity contribution in [1.82, 2.24) is 4.90 Å². The summed E-state index contributed by atoms with van der Waals surface area (Å²) in [5.41, 5.74) is 2.01. The van der Waals surface area contributed by atoms with Crippen LogP contribution in [-0.2, 0) is 16.1 Å². The Bertz CT molecular complexity index is 738. The lowest BCUT2D eigenvalue weighted by Crippen LogP contribution is -2.33. The highest BCUT2D eigenvalue weighted by Crippen LogP contribution is 2.45. The van der Waals surface area contributed by atoms with Crippen molar-refractivity contribution in [3.8, 4) is 11.5 Å². The standard InChI is InChI=1S/C20H23NO4S/c1-23-17-10-6-9-16(19(17)24-2)20-21(11-12-26-20)18(22)14-25-13-15-7-4-3-5-8-15/h3-10,20H,11-14H2,1-2H3/t20-/m0/s1. The molecule has 0 unspecified atom stereocenters. The van der Waals surface area contributed by atoms with Gasteiger partial charge >= 0.3 is 0 Å². The first-order valence-corrected chi connectivity index (χ1v) is 9.53. The molecule has 0 aromatic heterocycles. The molecule has 5 nitrogen and oxygen atoms in total. The summed E-state index contributed by atoms with van der Waals surface area (Å²) in [6.07, 6.45) is 0. The molecule has 1 amide bonds. The zero-order valence-corrected chi connectivity index (χ0v) is 15.8. The van der Waals surface area contributed by atoms with Gasteiger partial charge in [-0.25, -0.2) is 0 Å². The van der Waals surface area contributed by atoms with E-state index >= 15 is 0 Å². The van der Waals surface area contributed by atoms with Crippen LogP contribution in [-0.4, -0.2) is 43.9 Å². The molecule has 1 aliphatic heterocycles. The van der Waals surface area contributed by atoms with E-state index in [9.17, 15) is 4.79 Å². The number of hydrogen-bond donors (Lipinski definition) is 0. The van der Waals surface area contributed by atoms with E-state index in [1.165, 1.54) is 0 Å². The molecule has 0 radical (unpaired) electrons. The second-order valence-electron chi connectivity index (χ2n) is 5.87. The summed E-state index contributed by atoms with van der Waals surface area (Å²) >= 11 is 1.72. The summed E-state index contributed by atoms with van der Waals surface area (Å²) < 4.78 is 16.5. The Hall–Kier alpha value is -2.18. The number of ether oxygens (including phenoxy) is 3. The van der Waals surface area contributed by atoms with Gasteiger partial charge in [0.1, 0.15) is 12.0 Å². The molecule has 138 valence electrons. The first kappa shape index (κ1) is 18.6. The summed E-state index contributed by atoms with van der Waals surface area (Å²) in [4.78, 5) is 14.5. The molecule has 1 saturated heterocycles. The van der Waals surface area contributed by atoms with E-state index in [0.717, 1.165) is 16.9 Å². The van der Waals surface area contributed by atoms with Crippen LogP contribution in [0.1, 0.15) is 16.5 Å². The SMILES string of the molecule is COc1cccc([C@@H]2SCCN2C(=O)COCc2ccccc2)c1OC. The van der Waals surface area contributed by atoms with Gasteiger partial charge < -0.3 is 19.1 Å². The number of benzene rings is 2. The van der Waals surface area contributed by atoms with Gasteiger partial charge in [0.15, 0.2) is 11.5 Å². The maximum atomic E-state index is 12.7. The second-order valence-corrected chi connectivity index (χ2v) is 7.06.